The second-order valence-electron chi connectivity index (χ2n) is 6.72. The molecule has 1 unspecified atom stereocenters. The summed E-state index contributed by atoms with van der Waals surface area (Å²) < 4.78 is 19.0. The van der Waals surface area contributed by atoms with E-state index in [0.717, 1.165) is 36.3 Å². The Morgan fingerprint density at radius 3 is 2.44 bits per heavy atom. The Kier molecular flexibility index (Phi) is 5.88. The molecule has 0 amide bonds. The minimum Gasteiger partial charge on any atom is -0.439 e. The van der Waals surface area contributed by atoms with Crippen LogP contribution in [0.25, 0.3) is 0 Å². The van der Waals surface area contributed by atoms with Crippen molar-refractivity contribution in [3.63, 3.8) is 0 Å². The number of aromatic nitrogens is 1. The van der Waals surface area contributed by atoms with Crippen LogP contribution in [0.3, 0.4) is 0 Å². The van der Waals surface area contributed by atoms with E-state index in [1.165, 1.54) is 12.1 Å². The summed E-state index contributed by atoms with van der Waals surface area (Å²) in [5, 5.41) is 0. The lowest BCUT2D eigenvalue weighted by Crippen LogP contribution is -2.19. The number of hydrogen-bond donors (Lipinski definition) is 0. The Morgan fingerprint density at radius 1 is 1.00 bits per heavy atom. The molecule has 0 N–H and O–H groups in total. The molecule has 1 aromatic heterocycles. The predicted octanol–water partition coefficient (Wildman–Crippen LogP) is 5.93. The second kappa shape index (κ2) is 8.51. The first-order chi connectivity index (χ1) is 13.1. The van der Waals surface area contributed by atoms with Crippen LogP contribution in [0.2, 0.25) is 0 Å². The molecule has 1 heterocycles. The number of aryl methyl sites for hydroxylation is 1. The zero-order chi connectivity index (χ0) is 19.1. The molecule has 3 heteroatoms. The maximum absolute atomic E-state index is 13.2. The number of halogens is 1. The van der Waals surface area contributed by atoms with Crippen LogP contribution in [0.1, 0.15) is 31.0 Å². The van der Waals surface area contributed by atoms with Gasteiger partial charge in [-0.05, 0) is 62.1 Å². The Hall–Kier alpha value is -3.12. The highest BCUT2D eigenvalue weighted by molar-refractivity contribution is 5.33. The largest absolute Gasteiger partial charge is 0.439 e. The number of terminal acetylenes is 1. The van der Waals surface area contributed by atoms with Gasteiger partial charge in [0.25, 0.3) is 0 Å². The number of ether oxygens (including phenoxy) is 1. The van der Waals surface area contributed by atoms with Crippen molar-refractivity contribution in [2.75, 3.05) is 0 Å². The first-order valence-corrected chi connectivity index (χ1v) is 9.02. The third-order valence-electron chi connectivity index (χ3n) is 4.66. The number of para-hydroxylation sites is 1. The Bertz CT molecular complexity index is 915. The van der Waals surface area contributed by atoms with E-state index in [0.29, 0.717) is 5.88 Å². The van der Waals surface area contributed by atoms with E-state index in [-0.39, 0.29) is 5.82 Å². The summed E-state index contributed by atoms with van der Waals surface area (Å²) in [5.74, 6) is 3.97. The van der Waals surface area contributed by atoms with Crippen molar-refractivity contribution < 1.29 is 9.13 Å². The first kappa shape index (κ1) is 18.7. The average Bonchev–Trinajstić information content (AvgIpc) is 2.69. The second-order valence-corrected chi connectivity index (χ2v) is 6.72. The van der Waals surface area contributed by atoms with Crippen LogP contribution >= 0.6 is 0 Å². The molecule has 0 aliphatic rings. The molecule has 3 rings (SSSR count). The molecule has 0 saturated carbocycles. The maximum Gasteiger partial charge on any atom is 0.219 e. The maximum atomic E-state index is 13.2. The van der Waals surface area contributed by atoms with Gasteiger partial charge in [0, 0.05) is 11.8 Å². The molecule has 0 radical (unpaired) electrons. The molecule has 3 aromatic rings. The lowest BCUT2D eigenvalue weighted by Gasteiger charge is -2.24. The fraction of sp³-hybridized carbons (Fsp3) is 0.208. The Morgan fingerprint density at radius 2 is 1.74 bits per heavy atom. The van der Waals surface area contributed by atoms with Crippen LogP contribution in [0, 0.1) is 18.2 Å². The van der Waals surface area contributed by atoms with Crippen molar-refractivity contribution in [1.82, 2.24) is 4.98 Å². The fourth-order valence-corrected chi connectivity index (χ4v) is 3.00. The summed E-state index contributed by atoms with van der Waals surface area (Å²) in [7, 11) is 0. The third-order valence-corrected chi connectivity index (χ3v) is 4.66. The first-order valence-electron chi connectivity index (χ1n) is 9.02. The van der Waals surface area contributed by atoms with Crippen molar-refractivity contribution in [2.45, 2.75) is 31.6 Å². The lowest BCUT2D eigenvalue weighted by atomic mass is 9.79. The van der Waals surface area contributed by atoms with Crippen molar-refractivity contribution in [2.24, 2.45) is 0 Å². The number of nitrogens with zero attached hydrogens (tertiary/aromatic N) is 1. The number of hydrogen-bond acceptors (Lipinski definition) is 2. The molecule has 0 fully saturated rings. The van der Waals surface area contributed by atoms with Crippen LogP contribution in [0.4, 0.5) is 4.39 Å². The molecule has 0 spiro atoms. The van der Waals surface area contributed by atoms with Gasteiger partial charge in [0.2, 0.25) is 5.88 Å². The summed E-state index contributed by atoms with van der Waals surface area (Å²) >= 11 is 0. The molecular weight excluding hydrogens is 337 g/mol. The monoisotopic (exact) mass is 359 g/mol. The summed E-state index contributed by atoms with van der Waals surface area (Å²) in [6.07, 6.45) is 8.25. The van der Waals surface area contributed by atoms with Crippen LogP contribution < -0.4 is 4.74 Å². The predicted molar refractivity (Wildman–Crippen MR) is 106 cm³/mol. The molecule has 27 heavy (non-hydrogen) atoms. The normalized spacial score (nSPS) is 12.8. The van der Waals surface area contributed by atoms with Crippen molar-refractivity contribution in [3.05, 3.63) is 89.9 Å². The smallest absolute Gasteiger partial charge is 0.219 e. The molecule has 136 valence electrons. The van der Waals surface area contributed by atoms with Crippen LogP contribution in [0.15, 0.2) is 72.8 Å². The van der Waals surface area contributed by atoms with Gasteiger partial charge < -0.3 is 4.74 Å². The number of rotatable bonds is 7. The van der Waals surface area contributed by atoms with E-state index in [9.17, 15) is 4.39 Å². The van der Waals surface area contributed by atoms with Gasteiger partial charge in [0.05, 0.1) is 5.41 Å². The average molecular weight is 359 g/mol. The SMILES string of the molecule is C#CC(C)(CCCc1cccc(Oc2ccccc2)n1)c1ccc(F)cc1. The van der Waals surface area contributed by atoms with Crippen molar-refractivity contribution >= 4 is 0 Å². The zero-order valence-electron chi connectivity index (χ0n) is 15.4. The number of pyridine rings is 1. The molecular formula is C24H22FNO. The summed E-state index contributed by atoms with van der Waals surface area (Å²) in [6.45, 7) is 2.02. The third kappa shape index (κ3) is 4.95. The highest BCUT2D eigenvalue weighted by Crippen LogP contribution is 2.29. The van der Waals surface area contributed by atoms with Gasteiger partial charge in [-0.1, -0.05) is 42.3 Å². The van der Waals surface area contributed by atoms with Gasteiger partial charge in [-0.25, -0.2) is 9.37 Å². The fourth-order valence-electron chi connectivity index (χ4n) is 3.00. The van der Waals surface area contributed by atoms with Crippen LogP contribution in [0.5, 0.6) is 11.6 Å². The van der Waals surface area contributed by atoms with E-state index in [2.05, 4.69) is 10.9 Å². The molecule has 0 aliphatic carbocycles. The minimum absolute atomic E-state index is 0.252. The Balaban J connectivity index is 1.62. The van der Waals surface area contributed by atoms with E-state index < -0.39 is 5.41 Å². The van der Waals surface area contributed by atoms with Crippen LogP contribution in [-0.4, -0.2) is 4.98 Å². The van der Waals surface area contributed by atoms with Gasteiger partial charge >= 0.3 is 0 Å². The van der Waals surface area contributed by atoms with Crippen molar-refractivity contribution in [1.29, 1.82) is 0 Å². The van der Waals surface area contributed by atoms with Crippen molar-refractivity contribution in [3.8, 4) is 24.0 Å². The number of benzene rings is 2. The molecule has 2 aromatic carbocycles. The van der Waals surface area contributed by atoms with E-state index >= 15 is 0 Å². The van der Waals surface area contributed by atoms with Gasteiger partial charge in [0.15, 0.2) is 0 Å². The van der Waals surface area contributed by atoms with E-state index in [1.54, 1.807) is 12.1 Å². The summed E-state index contributed by atoms with van der Waals surface area (Å²) in [4.78, 5) is 4.57. The highest BCUT2D eigenvalue weighted by Gasteiger charge is 2.23. The van der Waals surface area contributed by atoms with E-state index in [4.69, 9.17) is 11.2 Å². The van der Waals surface area contributed by atoms with Gasteiger partial charge in [-0.3, -0.25) is 0 Å². The molecule has 1 atom stereocenters. The Labute approximate surface area is 160 Å². The van der Waals surface area contributed by atoms with E-state index in [1.807, 2.05) is 55.5 Å². The van der Waals surface area contributed by atoms with Gasteiger partial charge in [-0.15, -0.1) is 6.42 Å². The zero-order valence-corrected chi connectivity index (χ0v) is 15.4. The molecule has 2 nitrogen and oxygen atoms in total. The quantitative estimate of drug-likeness (QED) is 0.488. The van der Waals surface area contributed by atoms with Crippen LogP contribution in [-0.2, 0) is 11.8 Å². The summed E-state index contributed by atoms with van der Waals surface area (Å²) in [6, 6.07) is 21.8. The summed E-state index contributed by atoms with van der Waals surface area (Å²) in [5.41, 5.74) is 1.49. The standard InChI is InChI=1S/C24H22FNO/c1-3-24(2,19-14-16-20(25)17-15-19)18-8-10-21-9-7-13-23(26-21)27-22-11-5-4-6-12-22/h1,4-7,9,11-17H,8,10,18H2,2H3. The molecule has 0 aliphatic heterocycles. The van der Waals surface area contributed by atoms with Gasteiger partial charge in [-0.2, -0.15) is 0 Å². The van der Waals surface area contributed by atoms with Gasteiger partial charge in [0.1, 0.15) is 11.6 Å². The highest BCUT2D eigenvalue weighted by atomic mass is 19.1. The topological polar surface area (TPSA) is 22.1 Å². The molecule has 0 bridgehead atoms. The minimum atomic E-state index is -0.425. The lowest BCUT2D eigenvalue weighted by molar-refractivity contribution is 0.459. The molecule has 0 saturated heterocycles.